The molecule has 1 aliphatic heterocycles. The zero-order chi connectivity index (χ0) is 18.7. The van der Waals surface area contributed by atoms with Crippen LogP contribution in [0.1, 0.15) is 11.5 Å². The van der Waals surface area contributed by atoms with E-state index in [1.165, 1.54) is 25.7 Å². The molecule has 1 fully saturated rings. The van der Waals surface area contributed by atoms with Gasteiger partial charge in [0.05, 0.1) is 13.3 Å². The molecule has 136 valence electrons. The lowest BCUT2D eigenvalue weighted by Gasteiger charge is -2.20. The van der Waals surface area contributed by atoms with Crippen molar-refractivity contribution in [1.82, 2.24) is 20.6 Å². The van der Waals surface area contributed by atoms with Crippen molar-refractivity contribution in [2.75, 3.05) is 19.0 Å². The Labute approximate surface area is 147 Å². The van der Waals surface area contributed by atoms with Crippen LogP contribution < -0.4 is 20.7 Å². The van der Waals surface area contributed by atoms with E-state index in [9.17, 15) is 18.4 Å². The predicted molar refractivity (Wildman–Crippen MR) is 86.6 cm³/mol. The number of carbonyl (C=O) groups is 2. The first-order chi connectivity index (χ1) is 12.5. The molecule has 0 aliphatic carbocycles. The Kier molecular flexibility index (Phi) is 4.92. The van der Waals surface area contributed by atoms with Gasteiger partial charge >= 0.3 is 6.03 Å². The molecule has 26 heavy (non-hydrogen) atoms. The lowest BCUT2D eigenvalue weighted by Crippen LogP contribution is -2.45. The molecule has 0 bridgehead atoms. The Bertz CT molecular complexity index is 811. The van der Waals surface area contributed by atoms with Crippen molar-refractivity contribution in [3.63, 3.8) is 0 Å². The van der Waals surface area contributed by atoms with E-state index in [0.29, 0.717) is 0 Å². The number of carbonyl (C=O) groups excluding carboxylic acids is 2. The third-order valence-electron chi connectivity index (χ3n) is 3.93. The van der Waals surface area contributed by atoms with Crippen LogP contribution in [0.25, 0.3) is 0 Å². The Morgan fingerprint density at radius 1 is 1.31 bits per heavy atom. The van der Waals surface area contributed by atoms with Gasteiger partial charge in [0, 0.05) is 42.6 Å². The quantitative estimate of drug-likeness (QED) is 0.756. The largest absolute Gasteiger partial charge is 0.497 e. The van der Waals surface area contributed by atoms with E-state index in [4.69, 9.17) is 4.74 Å². The van der Waals surface area contributed by atoms with E-state index in [1.54, 1.807) is 0 Å². The van der Waals surface area contributed by atoms with Crippen LogP contribution in [0.4, 0.5) is 19.4 Å². The minimum absolute atomic E-state index is 0.0188. The van der Waals surface area contributed by atoms with E-state index >= 15 is 0 Å². The molecule has 3 amide bonds. The highest BCUT2D eigenvalue weighted by molar-refractivity contribution is 5.94. The second-order valence-electron chi connectivity index (χ2n) is 5.52. The van der Waals surface area contributed by atoms with Gasteiger partial charge in [0.15, 0.2) is 5.82 Å². The van der Waals surface area contributed by atoms with Gasteiger partial charge < -0.3 is 15.4 Å². The summed E-state index contributed by atoms with van der Waals surface area (Å²) in [5, 5.41) is 7.31. The van der Waals surface area contributed by atoms with Crippen LogP contribution in [0.2, 0.25) is 0 Å². The first-order valence-electron chi connectivity index (χ1n) is 7.63. The minimum atomic E-state index is -1.15. The topological polar surface area (TPSA) is 105 Å². The smallest absolute Gasteiger partial charge is 0.321 e. The third kappa shape index (κ3) is 3.53. The van der Waals surface area contributed by atoms with E-state index in [-0.39, 0.29) is 23.7 Å². The van der Waals surface area contributed by atoms with E-state index < -0.39 is 35.5 Å². The maximum absolute atomic E-state index is 14.3. The molecule has 0 radical (unpaired) electrons. The first-order valence-corrected chi connectivity index (χ1v) is 7.63. The molecule has 1 aromatic heterocycles. The molecular formula is C16H15F2N5O3. The van der Waals surface area contributed by atoms with Gasteiger partial charge in [-0.1, -0.05) is 0 Å². The summed E-state index contributed by atoms with van der Waals surface area (Å²) in [5.74, 6) is -2.98. The normalized spacial score (nSPS) is 19.0. The van der Waals surface area contributed by atoms with Gasteiger partial charge in [0.25, 0.3) is 0 Å². The molecule has 2 aromatic rings. The first kappa shape index (κ1) is 17.5. The fourth-order valence-corrected chi connectivity index (χ4v) is 2.75. The fourth-order valence-electron chi connectivity index (χ4n) is 2.75. The molecule has 0 unspecified atom stereocenters. The van der Waals surface area contributed by atoms with Crippen molar-refractivity contribution in [3.8, 4) is 5.75 Å². The van der Waals surface area contributed by atoms with Gasteiger partial charge in [-0.15, -0.1) is 0 Å². The second kappa shape index (κ2) is 7.30. The van der Waals surface area contributed by atoms with Gasteiger partial charge in [0.2, 0.25) is 5.91 Å². The fraction of sp³-hybridized carbons (Fsp3) is 0.250. The van der Waals surface area contributed by atoms with Gasteiger partial charge in [0.1, 0.15) is 23.4 Å². The van der Waals surface area contributed by atoms with Crippen LogP contribution in [0.3, 0.4) is 0 Å². The number of hydrogen-bond acceptors (Lipinski definition) is 5. The molecule has 2 heterocycles. The number of aromatic nitrogens is 2. The molecule has 0 spiro atoms. The molecule has 3 N–H and O–H groups in total. The van der Waals surface area contributed by atoms with Crippen LogP contribution in [0, 0.1) is 11.6 Å². The van der Waals surface area contributed by atoms with Crippen molar-refractivity contribution < 1.29 is 23.1 Å². The number of nitrogens with one attached hydrogen (secondary N) is 3. The monoisotopic (exact) mass is 363 g/mol. The number of methoxy groups -OCH3 is 1. The highest BCUT2D eigenvalue weighted by Gasteiger charge is 2.40. The Balaban J connectivity index is 1.80. The molecule has 0 saturated carbocycles. The standard InChI is InChI=1S/C16H15F2N5O3/c1-26-8-4-10(17)13(11(18)5-8)9-6-21-15(24)14(9)23-16(25)22-12-7-19-2-3-20-12/h2-5,7,9,14H,6H2,1H3,(H,21,24)(H2,20,22,23,25)/t9-,14-/m0/s1. The SMILES string of the molecule is COc1cc(F)c([C@@H]2CNC(=O)[C@H]2NC(=O)Nc2cnccn2)c(F)c1. The number of hydrogen-bond donors (Lipinski definition) is 3. The van der Waals surface area contributed by atoms with Crippen LogP contribution in [0.5, 0.6) is 5.75 Å². The molecule has 10 heteroatoms. The van der Waals surface area contributed by atoms with E-state index in [2.05, 4.69) is 25.9 Å². The number of anilines is 1. The lowest BCUT2D eigenvalue weighted by atomic mass is 9.93. The molecule has 2 atom stereocenters. The van der Waals surface area contributed by atoms with Gasteiger partial charge in [-0.25, -0.2) is 18.6 Å². The minimum Gasteiger partial charge on any atom is -0.497 e. The zero-order valence-electron chi connectivity index (χ0n) is 13.6. The number of rotatable bonds is 4. The summed E-state index contributed by atoms with van der Waals surface area (Å²) in [5.41, 5.74) is -0.297. The van der Waals surface area contributed by atoms with E-state index in [0.717, 1.165) is 12.1 Å². The number of benzene rings is 1. The molecule has 3 rings (SSSR count). The summed E-state index contributed by atoms with van der Waals surface area (Å²) >= 11 is 0. The molecule has 8 nitrogen and oxygen atoms in total. The zero-order valence-corrected chi connectivity index (χ0v) is 13.6. The average molecular weight is 363 g/mol. The van der Waals surface area contributed by atoms with Crippen LogP contribution in [-0.4, -0.2) is 41.6 Å². The molecule has 1 saturated heterocycles. The maximum Gasteiger partial charge on any atom is 0.321 e. The summed E-state index contributed by atoms with van der Waals surface area (Å²) < 4.78 is 33.5. The van der Waals surface area contributed by atoms with E-state index in [1.807, 2.05) is 0 Å². The van der Waals surface area contributed by atoms with Crippen molar-refractivity contribution >= 4 is 17.8 Å². The van der Waals surface area contributed by atoms with Crippen molar-refractivity contribution in [3.05, 3.63) is 47.9 Å². The average Bonchev–Trinajstić information content (AvgIpc) is 2.95. The van der Waals surface area contributed by atoms with Gasteiger partial charge in [-0.2, -0.15) is 0 Å². The number of nitrogens with zero attached hydrogens (tertiary/aromatic N) is 2. The molecule has 1 aromatic carbocycles. The number of urea groups is 1. The summed E-state index contributed by atoms with van der Waals surface area (Å²) in [6.07, 6.45) is 4.12. The predicted octanol–water partition coefficient (Wildman–Crippen LogP) is 1.17. The van der Waals surface area contributed by atoms with Crippen LogP contribution in [0.15, 0.2) is 30.7 Å². The summed E-state index contributed by atoms with van der Waals surface area (Å²) in [4.78, 5) is 31.8. The molecular weight excluding hydrogens is 348 g/mol. The summed E-state index contributed by atoms with van der Waals surface area (Å²) in [6, 6.07) is 0.159. The lowest BCUT2D eigenvalue weighted by molar-refractivity contribution is -0.120. The van der Waals surface area contributed by atoms with Gasteiger partial charge in [-0.05, 0) is 0 Å². The summed E-state index contributed by atoms with van der Waals surface area (Å²) in [6.45, 7) is -0.0188. The number of halogens is 2. The highest BCUT2D eigenvalue weighted by atomic mass is 19.1. The van der Waals surface area contributed by atoms with Crippen molar-refractivity contribution in [1.29, 1.82) is 0 Å². The Hall–Kier alpha value is -3.30. The van der Waals surface area contributed by atoms with Crippen molar-refractivity contribution in [2.24, 2.45) is 0 Å². The maximum atomic E-state index is 14.3. The summed E-state index contributed by atoms with van der Waals surface area (Å²) in [7, 11) is 1.29. The number of amides is 3. The van der Waals surface area contributed by atoms with Crippen LogP contribution >= 0.6 is 0 Å². The second-order valence-corrected chi connectivity index (χ2v) is 5.52. The van der Waals surface area contributed by atoms with Crippen molar-refractivity contribution in [2.45, 2.75) is 12.0 Å². The Morgan fingerprint density at radius 2 is 2.04 bits per heavy atom. The molecule has 1 aliphatic rings. The number of ether oxygens (including phenoxy) is 1. The van der Waals surface area contributed by atoms with Crippen LogP contribution in [-0.2, 0) is 4.79 Å². The van der Waals surface area contributed by atoms with Gasteiger partial charge in [-0.3, -0.25) is 15.1 Å². The third-order valence-corrected chi connectivity index (χ3v) is 3.93. The highest BCUT2D eigenvalue weighted by Crippen LogP contribution is 2.31. The Morgan fingerprint density at radius 3 is 2.65 bits per heavy atom.